The van der Waals surface area contributed by atoms with Crippen molar-refractivity contribution < 1.29 is 4.79 Å². The van der Waals surface area contributed by atoms with Crippen LogP contribution in [-0.2, 0) is 4.79 Å². The molecule has 3 aliphatic rings. The number of rotatable bonds is 3. The third-order valence-corrected chi connectivity index (χ3v) is 6.56. The Morgan fingerprint density at radius 1 is 1.20 bits per heavy atom. The molecule has 4 heterocycles. The van der Waals surface area contributed by atoms with E-state index in [0.717, 1.165) is 43.4 Å². The van der Waals surface area contributed by atoms with E-state index >= 15 is 0 Å². The molecule has 2 bridgehead atoms. The van der Waals surface area contributed by atoms with E-state index in [9.17, 15) is 4.79 Å². The van der Waals surface area contributed by atoms with E-state index in [1.54, 1.807) is 11.3 Å². The van der Waals surface area contributed by atoms with Crippen LogP contribution in [0.4, 0.5) is 5.13 Å². The number of fused-ring (bicyclic) bond motifs is 2. The summed E-state index contributed by atoms with van der Waals surface area (Å²) in [5, 5.41) is 6.86. The number of nitrogens with zero attached hydrogens (tertiary/aromatic N) is 3. The maximum Gasteiger partial charge on any atom is 0.222 e. The number of carbonyl (C=O) groups excluding carboxylic acids is 1. The number of aromatic nitrogens is 1. The normalized spacial score (nSPS) is 28.3. The Kier molecular flexibility index (Phi) is 7.38. The lowest BCUT2D eigenvalue weighted by Crippen LogP contribution is -2.49. The summed E-state index contributed by atoms with van der Waals surface area (Å²) in [7, 11) is 0. The van der Waals surface area contributed by atoms with Crippen molar-refractivity contribution >= 4 is 47.2 Å². The summed E-state index contributed by atoms with van der Waals surface area (Å²) in [6.07, 6.45) is 5.76. The number of piperazine rings is 1. The van der Waals surface area contributed by atoms with E-state index in [0.29, 0.717) is 23.9 Å². The van der Waals surface area contributed by atoms with Crippen LogP contribution in [0.15, 0.2) is 5.38 Å². The molecule has 3 aliphatic heterocycles. The lowest BCUT2D eigenvalue weighted by atomic mass is 9.89. The summed E-state index contributed by atoms with van der Waals surface area (Å²) in [4.78, 5) is 21.6. The maximum absolute atomic E-state index is 12.6. The zero-order chi connectivity index (χ0) is 15.8. The molecule has 1 aromatic rings. The van der Waals surface area contributed by atoms with Crippen molar-refractivity contribution in [3.8, 4) is 0 Å². The van der Waals surface area contributed by atoms with Gasteiger partial charge in [-0.25, -0.2) is 4.98 Å². The van der Waals surface area contributed by atoms with E-state index in [1.807, 2.05) is 6.92 Å². The fourth-order valence-corrected chi connectivity index (χ4v) is 5.21. The van der Waals surface area contributed by atoms with E-state index in [2.05, 4.69) is 25.5 Å². The first-order valence-corrected chi connectivity index (χ1v) is 9.76. The minimum atomic E-state index is 0. The summed E-state index contributed by atoms with van der Waals surface area (Å²) >= 11 is 1.71. The highest BCUT2D eigenvalue weighted by Gasteiger charge is 2.35. The molecule has 1 N–H and O–H groups in total. The van der Waals surface area contributed by atoms with Crippen molar-refractivity contribution in [1.29, 1.82) is 0 Å². The summed E-state index contributed by atoms with van der Waals surface area (Å²) < 4.78 is 0. The molecule has 25 heavy (non-hydrogen) atoms. The van der Waals surface area contributed by atoms with Gasteiger partial charge < -0.3 is 15.1 Å². The van der Waals surface area contributed by atoms with E-state index in [4.69, 9.17) is 0 Å². The second-order valence-corrected chi connectivity index (χ2v) is 8.16. The lowest BCUT2D eigenvalue weighted by molar-refractivity contribution is -0.132. The summed E-state index contributed by atoms with van der Waals surface area (Å²) in [5.74, 6) is 0.965. The number of thiazole rings is 1. The molecule has 3 fully saturated rings. The molecular weight excluding hydrogens is 379 g/mol. The molecular formula is C17H28Cl2N4OS. The predicted octanol–water partition coefficient (Wildman–Crippen LogP) is 2.86. The molecule has 1 amide bonds. The average Bonchev–Trinajstić information content (AvgIpc) is 3.13. The highest BCUT2D eigenvalue weighted by atomic mass is 35.5. The number of hydrogen-bond donors (Lipinski definition) is 1. The van der Waals surface area contributed by atoms with Crippen molar-refractivity contribution in [2.75, 3.05) is 31.1 Å². The molecule has 2 unspecified atom stereocenters. The Bertz CT molecular complexity index is 565. The van der Waals surface area contributed by atoms with Crippen LogP contribution in [0.2, 0.25) is 0 Å². The SMILES string of the molecule is Cc1csc(N2CCN(C(=O)CC3CC4CCC(C3)N4)CC2)n1.Cl.Cl. The summed E-state index contributed by atoms with van der Waals surface area (Å²) in [6, 6.07) is 1.35. The number of halogens is 2. The van der Waals surface area contributed by atoms with Crippen LogP contribution in [0.25, 0.3) is 0 Å². The van der Waals surface area contributed by atoms with Crippen molar-refractivity contribution in [3.63, 3.8) is 0 Å². The third kappa shape index (κ3) is 4.79. The van der Waals surface area contributed by atoms with E-state index in [-0.39, 0.29) is 24.8 Å². The zero-order valence-electron chi connectivity index (χ0n) is 14.6. The number of nitrogens with one attached hydrogen (secondary N) is 1. The van der Waals surface area contributed by atoms with Crippen molar-refractivity contribution in [1.82, 2.24) is 15.2 Å². The highest BCUT2D eigenvalue weighted by molar-refractivity contribution is 7.13. The van der Waals surface area contributed by atoms with Gasteiger partial charge >= 0.3 is 0 Å². The average molecular weight is 407 g/mol. The van der Waals surface area contributed by atoms with Crippen LogP contribution in [0.1, 0.15) is 37.8 Å². The van der Waals surface area contributed by atoms with E-state index in [1.165, 1.54) is 25.7 Å². The molecule has 0 aliphatic carbocycles. The molecule has 0 radical (unpaired) electrons. The van der Waals surface area contributed by atoms with Gasteiger partial charge in [-0.2, -0.15) is 0 Å². The molecule has 0 aromatic carbocycles. The van der Waals surface area contributed by atoms with Gasteiger partial charge in [0.1, 0.15) is 0 Å². The molecule has 1 aromatic heterocycles. The van der Waals surface area contributed by atoms with Gasteiger partial charge in [-0.05, 0) is 38.5 Å². The van der Waals surface area contributed by atoms with Gasteiger partial charge in [-0.15, -0.1) is 36.2 Å². The van der Waals surface area contributed by atoms with E-state index < -0.39 is 0 Å². The maximum atomic E-state index is 12.6. The first-order chi connectivity index (χ1) is 11.2. The largest absolute Gasteiger partial charge is 0.345 e. The fraction of sp³-hybridized carbons (Fsp3) is 0.765. The summed E-state index contributed by atoms with van der Waals surface area (Å²) in [5.41, 5.74) is 1.09. The van der Waals surface area contributed by atoms with Gasteiger partial charge in [0.2, 0.25) is 5.91 Å². The Hall–Kier alpha value is -0.560. The third-order valence-electron chi connectivity index (χ3n) is 5.54. The Balaban J connectivity index is 0.00000113. The molecule has 5 nitrogen and oxygen atoms in total. The van der Waals surface area contributed by atoms with Gasteiger partial charge in [0.25, 0.3) is 0 Å². The molecule has 3 saturated heterocycles. The fourth-order valence-electron chi connectivity index (χ4n) is 4.35. The number of piperidine rings is 1. The second-order valence-electron chi connectivity index (χ2n) is 7.32. The van der Waals surface area contributed by atoms with Crippen LogP contribution >= 0.6 is 36.2 Å². The monoisotopic (exact) mass is 406 g/mol. The van der Waals surface area contributed by atoms with Crippen molar-refractivity contribution in [3.05, 3.63) is 11.1 Å². The van der Waals surface area contributed by atoms with Crippen LogP contribution in [0, 0.1) is 12.8 Å². The van der Waals surface area contributed by atoms with Gasteiger partial charge in [-0.3, -0.25) is 4.79 Å². The van der Waals surface area contributed by atoms with Crippen LogP contribution < -0.4 is 10.2 Å². The Morgan fingerprint density at radius 3 is 2.40 bits per heavy atom. The lowest BCUT2D eigenvalue weighted by Gasteiger charge is -2.36. The zero-order valence-corrected chi connectivity index (χ0v) is 17.1. The Morgan fingerprint density at radius 2 is 1.84 bits per heavy atom. The smallest absolute Gasteiger partial charge is 0.222 e. The molecule has 0 saturated carbocycles. The van der Waals surface area contributed by atoms with Crippen LogP contribution in [0.3, 0.4) is 0 Å². The number of carbonyl (C=O) groups is 1. The van der Waals surface area contributed by atoms with Crippen LogP contribution in [-0.4, -0.2) is 54.1 Å². The van der Waals surface area contributed by atoms with Crippen molar-refractivity contribution in [2.45, 2.75) is 51.1 Å². The van der Waals surface area contributed by atoms with Gasteiger partial charge in [0.05, 0.1) is 5.69 Å². The summed E-state index contributed by atoms with van der Waals surface area (Å²) in [6.45, 7) is 5.54. The van der Waals surface area contributed by atoms with Gasteiger partial charge in [0.15, 0.2) is 5.13 Å². The number of anilines is 1. The highest BCUT2D eigenvalue weighted by Crippen LogP contribution is 2.33. The van der Waals surface area contributed by atoms with Gasteiger partial charge in [-0.1, -0.05) is 0 Å². The molecule has 0 spiro atoms. The topological polar surface area (TPSA) is 48.5 Å². The molecule has 142 valence electrons. The first kappa shape index (κ1) is 20.7. The van der Waals surface area contributed by atoms with Crippen molar-refractivity contribution in [2.24, 2.45) is 5.92 Å². The minimum absolute atomic E-state index is 0. The van der Waals surface area contributed by atoms with Crippen LogP contribution in [0.5, 0.6) is 0 Å². The molecule has 2 atom stereocenters. The standard InChI is InChI=1S/C17H26N4OS.2ClH/c1-12-11-23-17(18-12)21-6-4-20(5-7-21)16(22)10-13-8-14-2-3-15(9-13)19-14;;/h11,13-15,19H,2-10H2,1H3;2*1H. The molecule has 4 rings (SSSR count). The predicted molar refractivity (Wildman–Crippen MR) is 107 cm³/mol. The first-order valence-electron chi connectivity index (χ1n) is 8.88. The second kappa shape index (κ2) is 8.89. The van der Waals surface area contributed by atoms with Gasteiger partial charge in [0, 0.05) is 50.1 Å². The number of amides is 1. The minimum Gasteiger partial charge on any atom is -0.345 e. The molecule has 8 heteroatoms. The quantitative estimate of drug-likeness (QED) is 0.837. The number of aryl methyl sites for hydroxylation is 1. The number of hydrogen-bond acceptors (Lipinski definition) is 5. The Labute approximate surface area is 166 Å².